The minimum atomic E-state index is 0.871. The Kier molecular flexibility index (Phi) is 6.56. The molecule has 0 amide bonds. The predicted octanol–water partition coefficient (Wildman–Crippen LogP) is 13.8. The molecule has 0 aliphatic heterocycles. The molecule has 0 fully saturated rings. The van der Waals surface area contributed by atoms with Gasteiger partial charge in [0.2, 0.25) is 0 Å². The van der Waals surface area contributed by atoms with Crippen molar-refractivity contribution in [3.05, 3.63) is 182 Å². The van der Waals surface area contributed by atoms with E-state index in [1.807, 2.05) is 0 Å². The predicted molar refractivity (Wildman–Crippen MR) is 226 cm³/mol. The van der Waals surface area contributed by atoms with E-state index in [1.165, 1.54) is 86.9 Å². The van der Waals surface area contributed by atoms with Crippen LogP contribution < -0.4 is 0 Å². The second kappa shape index (κ2) is 11.6. The second-order valence-corrected chi connectivity index (χ2v) is 14.1. The first-order valence-electron chi connectivity index (χ1n) is 18.5. The van der Waals surface area contributed by atoms with E-state index in [0.29, 0.717) is 0 Å². The summed E-state index contributed by atoms with van der Waals surface area (Å²) in [6, 6.07) is 65.0. The van der Waals surface area contributed by atoms with Gasteiger partial charge in [0.1, 0.15) is 5.82 Å². The maximum Gasteiger partial charge on any atom is 0.114 e. The van der Waals surface area contributed by atoms with E-state index >= 15 is 0 Å². The zero-order chi connectivity index (χ0) is 35.0. The number of imidazole rings is 1. The van der Waals surface area contributed by atoms with E-state index in [2.05, 4.69) is 187 Å². The summed E-state index contributed by atoms with van der Waals surface area (Å²) >= 11 is 0. The van der Waals surface area contributed by atoms with Crippen LogP contribution in [0.3, 0.4) is 0 Å². The minimum absolute atomic E-state index is 0.871. The van der Waals surface area contributed by atoms with Gasteiger partial charge in [-0.25, -0.2) is 4.98 Å². The van der Waals surface area contributed by atoms with Crippen molar-refractivity contribution >= 4 is 75.7 Å². The topological polar surface area (TPSA) is 17.8 Å². The van der Waals surface area contributed by atoms with Crippen LogP contribution in [-0.2, 0) is 6.42 Å². The second-order valence-electron chi connectivity index (χ2n) is 14.1. The molecule has 0 radical (unpaired) electrons. The van der Waals surface area contributed by atoms with E-state index in [4.69, 9.17) is 4.98 Å². The van der Waals surface area contributed by atoms with E-state index in [1.54, 1.807) is 0 Å². The van der Waals surface area contributed by atoms with Gasteiger partial charge in [-0.05, 0) is 117 Å². The van der Waals surface area contributed by atoms with Gasteiger partial charge < -0.3 is 0 Å². The van der Waals surface area contributed by atoms with Gasteiger partial charge in [0.25, 0.3) is 0 Å². The molecule has 248 valence electrons. The zero-order valence-electron chi connectivity index (χ0n) is 29.3. The molecule has 1 aromatic heterocycles. The summed E-state index contributed by atoms with van der Waals surface area (Å²) in [5, 5.41) is 15.4. The molecule has 10 aromatic carbocycles. The minimum Gasteiger partial charge on any atom is -0.296 e. The van der Waals surface area contributed by atoms with Crippen molar-refractivity contribution in [2.75, 3.05) is 0 Å². The van der Waals surface area contributed by atoms with Crippen LogP contribution in [0.4, 0.5) is 0 Å². The van der Waals surface area contributed by atoms with Crippen LogP contribution in [0, 0.1) is 0 Å². The number of rotatable bonds is 4. The van der Waals surface area contributed by atoms with Crippen LogP contribution in [0.25, 0.3) is 104 Å². The number of nitrogens with zero attached hydrogens (tertiary/aromatic N) is 2. The average Bonchev–Trinajstić information content (AvgIpc) is 3.61. The Morgan fingerprint density at radius 2 is 0.943 bits per heavy atom. The van der Waals surface area contributed by atoms with E-state index in [-0.39, 0.29) is 0 Å². The molecule has 0 bridgehead atoms. The Balaban J connectivity index is 1.11. The Labute approximate surface area is 307 Å². The van der Waals surface area contributed by atoms with Crippen molar-refractivity contribution in [1.82, 2.24) is 9.55 Å². The summed E-state index contributed by atoms with van der Waals surface area (Å²) in [4.78, 5) is 4.91. The molecule has 0 aliphatic carbocycles. The molecule has 2 heteroatoms. The van der Waals surface area contributed by atoms with Gasteiger partial charge in [0.05, 0.1) is 11.0 Å². The smallest absolute Gasteiger partial charge is 0.114 e. The monoisotopic (exact) mass is 674 g/mol. The average molecular weight is 675 g/mol. The fourth-order valence-electron chi connectivity index (χ4n) is 8.92. The number of hydrogen-bond acceptors (Lipinski definition) is 1. The van der Waals surface area contributed by atoms with Crippen molar-refractivity contribution in [3.8, 4) is 27.9 Å². The highest BCUT2D eigenvalue weighted by molar-refractivity contribution is 6.33. The first-order valence-corrected chi connectivity index (χ1v) is 18.5. The maximum absolute atomic E-state index is 4.91. The van der Waals surface area contributed by atoms with Gasteiger partial charge in [-0.15, -0.1) is 0 Å². The highest BCUT2D eigenvalue weighted by Crippen LogP contribution is 2.42. The first kappa shape index (κ1) is 29.9. The Bertz CT molecular complexity index is 3260. The third-order valence-corrected chi connectivity index (χ3v) is 11.3. The Morgan fingerprint density at radius 3 is 1.60 bits per heavy atom. The highest BCUT2D eigenvalue weighted by atomic mass is 15.1. The number of para-hydroxylation sites is 2. The van der Waals surface area contributed by atoms with Crippen LogP contribution in [-0.4, -0.2) is 9.55 Å². The summed E-state index contributed by atoms with van der Waals surface area (Å²) in [5.41, 5.74) is 8.20. The van der Waals surface area contributed by atoms with Crippen molar-refractivity contribution < 1.29 is 0 Å². The fourth-order valence-corrected chi connectivity index (χ4v) is 8.92. The molecule has 0 saturated heterocycles. The molecule has 0 atom stereocenters. The summed E-state index contributed by atoms with van der Waals surface area (Å²) < 4.78 is 2.29. The van der Waals surface area contributed by atoms with Crippen molar-refractivity contribution in [1.29, 1.82) is 0 Å². The lowest BCUT2D eigenvalue weighted by Crippen LogP contribution is -1.99. The van der Waals surface area contributed by atoms with Crippen LogP contribution in [0.1, 0.15) is 12.7 Å². The molecule has 2 nitrogen and oxygen atoms in total. The fraction of sp³-hybridized carbons (Fsp3) is 0.0392. The summed E-state index contributed by atoms with van der Waals surface area (Å²) in [7, 11) is 0. The van der Waals surface area contributed by atoms with E-state index in [0.717, 1.165) is 29.0 Å². The molecule has 0 unspecified atom stereocenters. The van der Waals surface area contributed by atoms with Gasteiger partial charge in [-0.2, -0.15) is 0 Å². The third-order valence-electron chi connectivity index (χ3n) is 11.3. The number of hydrogen-bond donors (Lipinski definition) is 0. The highest BCUT2D eigenvalue weighted by Gasteiger charge is 2.16. The van der Waals surface area contributed by atoms with E-state index in [9.17, 15) is 0 Å². The van der Waals surface area contributed by atoms with Crippen LogP contribution in [0.2, 0.25) is 0 Å². The van der Waals surface area contributed by atoms with Gasteiger partial charge in [-0.1, -0.05) is 153 Å². The molecule has 0 aliphatic rings. The standard InChI is InChI=1S/C51H34N2/c1-2-49-52-47-19-7-8-20-48(47)53(49)36-26-23-32(24-27-36)37-29-30-38(40-14-4-3-13-39(37)40)35-25-28-43-45-18-10-12-34-22-21-33-11-9-17-44(50(33)51(34)45)41-15-5-6-16-42(41)46(43)31-35/h3-31H,2H2,1H3. The Hall–Kier alpha value is -6.77. The molecular weight excluding hydrogens is 641 g/mol. The largest absolute Gasteiger partial charge is 0.296 e. The lowest BCUT2D eigenvalue weighted by Gasteiger charge is -2.16. The first-order chi connectivity index (χ1) is 26.2. The number of fused-ring (bicyclic) bond motifs is 7. The quantitative estimate of drug-likeness (QED) is 0.170. The molecule has 0 N–H and O–H groups in total. The number of benzene rings is 9. The lowest BCUT2D eigenvalue weighted by molar-refractivity contribution is 0.908. The van der Waals surface area contributed by atoms with E-state index < -0.39 is 0 Å². The third kappa shape index (κ3) is 4.49. The molecule has 11 aromatic rings. The number of aromatic nitrogens is 2. The summed E-state index contributed by atoms with van der Waals surface area (Å²) in [6.45, 7) is 2.17. The SMILES string of the molecule is CCc1nc2ccccc2n1-c1ccc(-c2ccc(-c3ccc4c(c3)c3ccccc3c3cccc5ccc6cccc4c6c53)c3ccccc23)cc1. The molecular formula is C51H34N2. The lowest BCUT2D eigenvalue weighted by atomic mass is 9.88. The molecule has 11 rings (SSSR count). The molecule has 53 heavy (non-hydrogen) atoms. The van der Waals surface area contributed by atoms with Crippen LogP contribution in [0.5, 0.6) is 0 Å². The van der Waals surface area contributed by atoms with Gasteiger partial charge >= 0.3 is 0 Å². The van der Waals surface area contributed by atoms with Gasteiger partial charge in [0, 0.05) is 12.1 Å². The molecule has 0 saturated carbocycles. The van der Waals surface area contributed by atoms with Crippen molar-refractivity contribution in [2.24, 2.45) is 0 Å². The summed E-state index contributed by atoms with van der Waals surface area (Å²) in [6.07, 6.45) is 0.871. The van der Waals surface area contributed by atoms with Crippen LogP contribution in [0.15, 0.2) is 176 Å². The van der Waals surface area contributed by atoms with Gasteiger partial charge in [0.15, 0.2) is 0 Å². The van der Waals surface area contributed by atoms with Crippen molar-refractivity contribution in [2.45, 2.75) is 13.3 Å². The van der Waals surface area contributed by atoms with Crippen molar-refractivity contribution in [3.63, 3.8) is 0 Å². The van der Waals surface area contributed by atoms with Gasteiger partial charge in [-0.3, -0.25) is 4.57 Å². The normalized spacial score (nSPS) is 11.9. The molecule has 0 spiro atoms. The number of aryl methyl sites for hydroxylation is 1. The maximum atomic E-state index is 4.91. The zero-order valence-corrected chi connectivity index (χ0v) is 29.3. The Morgan fingerprint density at radius 1 is 0.415 bits per heavy atom. The molecule has 1 heterocycles. The summed E-state index contributed by atoms with van der Waals surface area (Å²) in [5.74, 6) is 1.07. The van der Waals surface area contributed by atoms with Crippen LogP contribution >= 0.6 is 0 Å².